The highest BCUT2D eigenvalue weighted by atomic mass is 16.1. The Morgan fingerprint density at radius 1 is 0.289 bits per heavy atom. The van der Waals surface area contributed by atoms with Gasteiger partial charge in [0.05, 0.1) is 0 Å². The monoisotopic (exact) mass is 484 g/mol. The van der Waals surface area contributed by atoms with E-state index in [-0.39, 0.29) is 11.6 Å². The summed E-state index contributed by atoms with van der Waals surface area (Å²) in [6, 6.07) is 40.4. The highest BCUT2D eigenvalue weighted by Gasteiger charge is 2.32. The van der Waals surface area contributed by atoms with Crippen LogP contribution in [0.1, 0.15) is 31.8 Å². The Balaban J connectivity index is 1.36. The van der Waals surface area contributed by atoms with Gasteiger partial charge >= 0.3 is 0 Å². The first-order valence-corrected chi connectivity index (χ1v) is 12.8. The van der Waals surface area contributed by atoms with Crippen molar-refractivity contribution in [2.45, 2.75) is 0 Å². The molecule has 0 saturated carbocycles. The predicted molar refractivity (Wildman–Crippen MR) is 153 cm³/mol. The fourth-order valence-corrected chi connectivity index (χ4v) is 6.17. The molecule has 2 nitrogen and oxygen atoms in total. The van der Waals surface area contributed by atoms with Crippen LogP contribution in [0.2, 0.25) is 0 Å². The van der Waals surface area contributed by atoms with Crippen molar-refractivity contribution in [1.82, 2.24) is 0 Å². The lowest BCUT2D eigenvalue weighted by Crippen LogP contribution is -2.15. The number of carbonyl (C=O) groups is 2. The van der Waals surface area contributed by atoms with E-state index < -0.39 is 0 Å². The van der Waals surface area contributed by atoms with Crippen LogP contribution in [-0.4, -0.2) is 11.6 Å². The van der Waals surface area contributed by atoms with Crippen LogP contribution in [0.3, 0.4) is 0 Å². The maximum absolute atomic E-state index is 13.9. The van der Waals surface area contributed by atoms with Crippen LogP contribution in [0.15, 0.2) is 121 Å². The van der Waals surface area contributed by atoms with Crippen molar-refractivity contribution in [1.29, 1.82) is 0 Å². The zero-order valence-corrected chi connectivity index (χ0v) is 20.4. The molecule has 0 N–H and O–H groups in total. The lowest BCUT2D eigenvalue weighted by Gasteiger charge is -2.26. The zero-order valence-electron chi connectivity index (χ0n) is 20.4. The number of hydrogen-bond acceptors (Lipinski definition) is 2. The van der Waals surface area contributed by atoms with E-state index in [1.54, 1.807) is 0 Å². The van der Waals surface area contributed by atoms with Gasteiger partial charge in [-0.1, -0.05) is 97.1 Å². The minimum Gasteiger partial charge on any atom is -0.289 e. The summed E-state index contributed by atoms with van der Waals surface area (Å²) < 4.78 is 0. The summed E-state index contributed by atoms with van der Waals surface area (Å²) in [5.74, 6) is 0.0123. The van der Waals surface area contributed by atoms with E-state index in [2.05, 4.69) is 48.5 Å². The summed E-state index contributed by atoms with van der Waals surface area (Å²) >= 11 is 0. The zero-order chi connectivity index (χ0) is 25.4. The van der Waals surface area contributed by atoms with Crippen molar-refractivity contribution < 1.29 is 9.59 Å². The molecule has 0 atom stereocenters. The quantitative estimate of drug-likeness (QED) is 0.246. The molecular weight excluding hydrogens is 464 g/mol. The number of fused-ring (bicyclic) bond motifs is 4. The average Bonchev–Trinajstić information content (AvgIpc) is 2.99. The highest BCUT2D eigenvalue weighted by Crippen LogP contribution is 2.48. The Morgan fingerprint density at radius 2 is 0.658 bits per heavy atom. The first-order chi connectivity index (χ1) is 18.7. The van der Waals surface area contributed by atoms with Gasteiger partial charge in [-0.3, -0.25) is 9.59 Å². The second kappa shape index (κ2) is 7.71. The van der Waals surface area contributed by atoms with E-state index in [4.69, 9.17) is 0 Å². The molecule has 8 rings (SSSR count). The van der Waals surface area contributed by atoms with Gasteiger partial charge in [-0.15, -0.1) is 0 Å². The van der Waals surface area contributed by atoms with Crippen LogP contribution >= 0.6 is 0 Å². The molecule has 2 aliphatic carbocycles. The third kappa shape index (κ3) is 2.83. The van der Waals surface area contributed by atoms with Crippen LogP contribution < -0.4 is 0 Å². The molecule has 0 amide bonds. The first kappa shape index (κ1) is 21.0. The maximum Gasteiger partial charge on any atom is 0.194 e. The number of ketones is 2. The van der Waals surface area contributed by atoms with Gasteiger partial charge in [-0.25, -0.2) is 0 Å². The van der Waals surface area contributed by atoms with Gasteiger partial charge in [0.25, 0.3) is 0 Å². The molecular formula is C36H20O2. The summed E-state index contributed by atoms with van der Waals surface area (Å²) in [6.07, 6.45) is 0. The Hall–Kier alpha value is -5.08. The molecule has 0 aromatic heterocycles. The molecule has 0 unspecified atom stereocenters. The number of benzene rings is 6. The van der Waals surface area contributed by atoms with E-state index in [9.17, 15) is 9.59 Å². The second-order valence-electron chi connectivity index (χ2n) is 9.98. The topological polar surface area (TPSA) is 34.1 Å². The predicted octanol–water partition coefficient (Wildman–Crippen LogP) is 8.60. The molecule has 176 valence electrons. The standard InChI is InChI=1S/C36H20O2/c37-35-29-17-18-30-34-28(26-14-12-24(20-32(26)36(30)38)22-9-5-2-6-10-22)16-15-27(33(29)34)25-13-11-23(19-31(25)35)21-7-3-1-4-8-21/h1-20H. The van der Waals surface area contributed by atoms with E-state index in [1.165, 1.54) is 0 Å². The highest BCUT2D eigenvalue weighted by molar-refractivity contribution is 6.33. The summed E-state index contributed by atoms with van der Waals surface area (Å²) in [5, 5.41) is 1.77. The van der Waals surface area contributed by atoms with Crippen LogP contribution in [0, 0.1) is 0 Å². The summed E-state index contributed by atoms with van der Waals surface area (Å²) in [7, 11) is 0. The Kier molecular flexibility index (Phi) is 4.27. The van der Waals surface area contributed by atoms with E-state index in [1.807, 2.05) is 72.8 Å². The molecule has 0 bridgehead atoms. The fourth-order valence-electron chi connectivity index (χ4n) is 6.17. The largest absolute Gasteiger partial charge is 0.289 e. The Morgan fingerprint density at radius 3 is 1.08 bits per heavy atom. The fraction of sp³-hybridized carbons (Fsp3) is 0. The molecule has 6 aromatic rings. The minimum atomic E-state index is 0.00616. The minimum absolute atomic E-state index is 0.00616. The third-order valence-electron chi connectivity index (χ3n) is 7.97. The normalized spacial score (nSPS) is 12.8. The number of rotatable bonds is 2. The van der Waals surface area contributed by atoms with Crippen molar-refractivity contribution in [3.63, 3.8) is 0 Å². The van der Waals surface area contributed by atoms with E-state index in [0.717, 1.165) is 55.3 Å². The van der Waals surface area contributed by atoms with Crippen LogP contribution in [0.25, 0.3) is 55.3 Å². The maximum atomic E-state index is 13.9. The lowest BCUT2D eigenvalue weighted by atomic mass is 9.75. The van der Waals surface area contributed by atoms with Gasteiger partial charge < -0.3 is 0 Å². The van der Waals surface area contributed by atoms with Crippen molar-refractivity contribution >= 4 is 22.3 Å². The first-order valence-electron chi connectivity index (χ1n) is 12.8. The molecule has 2 heteroatoms. The molecule has 0 saturated heterocycles. The number of carbonyl (C=O) groups excluding carboxylic acids is 2. The molecule has 6 aromatic carbocycles. The van der Waals surface area contributed by atoms with E-state index in [0.29, 0.717) is 22.3 Å². The van der Waals surface area contributed by atoms with Gasteiger partial charge in [0, 0.05) is 33.0 Å². The summed E-state index contributed by atoms with van der Waals surface area (Å²) in [4.78, 5) is 27.7. The Labute approximate surface area is 219 Å². The molecule has 0 radical (unpaired) electrons. The average molecular weight is 485 g/mol. The van der Waals surface area contributed by atoms with E-state index >= 15 is 0 Å². The van der Waals surface area contributed by atoms with Gasteiger partial charge in [-0.05, 0) is 68.8 Å². The summed E-state index contributed by atoms with van der Waals surface area (Å²) in [5.41, 5.74) is 10.8. The lowest BCUT2D eigenvalue weighted by molar-refractivity contribution is 0.102. The second-order valence-corrected chi connectivity index (χ2v) is 9.98. The van der Waals surface area contributed by atoms with Gasteiger partial charge in [0.15, 0.2) is 11.6 Å². The molecule has 0 fully saturated rings. The van der Waals surface area contributed by atoms with Crippen LogP contribution in [-0.2, 0) is 0 Å². The number of hydrogen-bond donors (Lipinski definition) is 0. The third-order valence-corrected chi connectivity index (χ3v) is 7.97. The van der Waals surface area contributed by atoms with Gasteiger partial charge in [0.1, 0.15) is 0 Å². The molecule has 2 aliphatic rings. The molecule has 0 spiro atoms. The molecule has 0 heterocycles. The molecule has 38 heavy (non-hydrogen) atoms. The van der Waals surface area contributed by atoms with Crippen molar-refractivity contribution in [3.8, 4) is 44.5 Å². The molecule has 0 aliphatic heterocycles. The van der Waals surface area contributed by atoms with Crippen molar-refractivity contribution in [2.75, 3.05) is 0 Å². The summed E-state index contributed by atoms with van der Waals surface area (Å²) in [6.45, 7) is 0. The van der Waals surface area contributed by atoms with Crippen molar-refractivity contribution in [3.05, 3.63) is 144 Å². The van der Waals surface area contributed by atoms with Crippen LogP contribution in [0.4, 0.5) is 0 Å². The van der Waals surface area contributed by atoms with Gasteiger partial charge in [0.2, 0.25) is 0 Å². The SMILES string of the molecule is O=C1c2cc(-c3ccccc3)ccc2-c2ccc3c4c(ccc1c24)C(=O)c1cc(-c2ccccc2)ccc1-3. The Bertz CT molecular complexity index is 1840. The van der Waals surface area contributed by atoms with Crippen molar-refractivity contribution in [2.24, 2.45) is 0 Å². The van der Waals surface area contributed by atoms with Gasteiger partial charge in [-0.2, -0.15) is 0 Å². The van der Waals surface area contributed by atoms with Crippen LogP contribution in [0.5, 0.6) is 0 Å². The smallest absolute Gasteiger partial charge is 0.194 e.